The molecule has 0 atom stereocenters. The van der Waals surface area contributed by atoms with Gasteiger partial charge in [-0.25, -0.2) is 0 Å². The number of hydrogen-bond acceptors (Lipinski definition) is 5. The second-order valence-corrected chi connectivity index (χ2v) is 7.89. The zero-order valence-electron chi connectivity index (χ0n) is 16.6. The lowest BCUT2D eigenvalue weighted by Gasteiger charge is -2.32. The van der Waals surface area contributed by atoms with Crippen molar-refractivity contribution in [3.8, 4) is 0 Å². The lowest BCUT2D eigenvalue weighted by Crippen LogP contribution is -2.45. The Morgan fingerprint density at radius 3 is 2.71 bits per heavy atom. The fourth-order valence-electron chi connectivity index (χ4n) is 3.72. The van der Waals surface area contributed by atoms with Crippen LogP contribution in [0.5, 0.6) is 0 Å². The van der Waals surface area contributed by atoms with Crippen LogP contribution in [0, 0.1) is 0 Å². The molecule has 0 saturated heterocycles. The van der Waals surface area contributed by atoms with E-state index < -0.39 is 17.1 Å². The number of aromatic nitrogens is 3. The first-order valence-electron chi connectivity index (χ1n) is 9.73. The first-order chi connectivity index (χ1) is 13.3. The van der Waals surface area contributed by atoms with Gasteiger partial charge in [0.05, 0.1) is 11.8 Å². The molecule has 28 heavy (non-hydrogen) atoms. The van der Waals surface area contributed by atoms with E-state index in [0.29, 0.717) is 25.9 Å². The summed E-state index contributed by atoms with van der Waals surface area (Å²) in [6.07, 6.45) is 8.19. The number of aliphatic hydroxyl groups is 1. The van der Waals surface area contributed by atoms with Crippen molar-refractivity contribution in [1.82, 2.24) is 25.0 Å². The molecule has 2 aromatic rings. The highest BCUT2D eigenvalue weighted by molar-refractivity contribution is 5.93. The molecular formula is C20H29N5O3. The van der Waals surface area contributed by atoms with Crippen LogP contribution < -0.4 is 10.9 Å². The number of aromatic amines is 1. The van der Waals surface area contributed by atoms with Crippen molar-refractivity contribution in [1.29, 1.82) is 0 Å². The number of amides is 1. The van der Waals surface area contributed by atoms with E-state index in [1.165, 1.54) is 0 Å². The van der Waals surface area contributed by atoms with Gasteiger partial charge in [0.1, 0.15) is 5.56 Å². The van der Waals surface area contributed by atoms with E-state index in [9.17, 15) is 14.7 Å². The first kappa shape index (κ1) is 20.3. The number of rotatable bonds is 7. The van der Waals surface area contributed by atoms with Gasteiger partial charge in [-0.1, -0.05) is 19.3 Å². The van der Waals surface area contributed by atoms with Crippen molar-refractivity contribution < 1.29 is 9.90 Å². The molecular weight excluding hydrogens is 358 g/mol. The fraction of sp³-hybridized carbons (Fsp3) is 0.550. The van der Waals surface area contributed by atoms with Gasteiger partial charge in [0, 0.05) is 44.1 Å². The maximum absolute atomic E-state index is 12.4. The largest absolute Gasteiger partial charge is 0.388 e. The number of nitrogens with zero attached hydrogens (tertiary/aromatic N) is 3. The van der Waals surface area contributed by atoms with E-state index in [4.69, 9.17) is 0 Å². The van der Waals surface area contributed by atoms with Crippen LogP contribution in [0.25, 0.3) is 0 Å². The topological polar surface area (TPSA) is 103 Å². The molecule has 0 aliphatic heterocycles. The average molecular weight is 387 g/mol. The Morgan fingerprint density at radius 1 is 1.32 bits per heavy atom. The van der Waals surface area contributed by atoms with Crippen LogP contribution in [0.2, 0.25) is 0 Å². The lowest BCUT2D eigenvalue weighted by molar-refractivity contribution is 0.00524. The highest BCUT2D eigenvalue weighted by Crippen LogP contribution is 2.27. The summed E-state index contributed by atoms with van der Waals surface area (Å²) < 4.78 is 1.75. The van der Waals surface area contributed by atoms with Crippen molar-refractivity contribution in [2.75, 3.05) is 13.6 Å². The zero-order valence-corrected chi connectivity index (χ0v) is 16.6. The van der Waals surface area contributed by atoms with Crippen LogP contribution in [0.1, 0.15) is 53.7 Å². The molecule has 3 N–H and O–H groups in total. The van der Waals surface area contributed by atoms with Gasteiger partial charge >= 0.3 is 0 Å². The van der Waals surface area contributed by atoms with E-state index in [-0.39, 0.29) is 12.1 Å². The van der Waals surface area contributed by atoms with Crippen LogP contribution in [0.15, 0.2) is 29.3 Å². The summed E-state index contributed by atoms with van der Waals surface area (Å²) in [5.74, 6) is -0.449. The molecule has 3 rings (SSSR count). The minimum absolute atomic E-state index is 0.0677. The van der Waals surface area contributed by atoms with Crippen molar-refractivity contribution in [2.45, 2.75) is 50.8 Å². The Labute approximate surface area is 164 Å². The van der Waals surface area contributed by atoms with Gasteiger partial charge < -0.3 is 15.4 Å². The third-order valence-corrected chi connectivity index (χ3v) is 5.23. The van der Waals surface area contributed by atoms with Gasteiger partial charge in [-0.05, 0) is 32.0 Å². The summed E-state index contributed by atoms with van der Waals surface area (Å²) >= 11 is 0. The zero-order chi connectivity index (χ0) is 20.1. The smallest absolute Gasteiger partial charge is 0.261 e. The van der Waals surface area contributed by atoms with E-state index >= 15 is 0 Å². The molecule has 0 radical (unpaired) electrons. The maximum atomic E-state index is 12.4. The molecule has 0 spiro atoms. The molecule has 0 aromatic carbocycles. The number of H-pyrrole nitrogens is 1. The van der Waals surface area contributed by atoms with Gasteiger partial charge in [0.2, 0.25) is 0 Å². The SMILES string of the molecule is CN(Cc1cnn(C)c1)Cc1ccc(C(=O)NCC2(O)CCCCC2)c(=O)[nH]1. The lowest BCUT2D eigenvalue weighted by atomic mass is 9.85. The third-order valence-electron chi connectivity index (χ3n) is 5.23. The Hall–Kier alpha value is -2.45. The van der Waals surface area contributed by atoms with Crippen LogP contribution in [0.3, 0.4) is 0 Å². The van der Waals surface area contributed by atoms with E-state index in [0.717, 1.165) is 30.5 Å². The summed E-state index contributed by atoms with van der Waals surface area (Å²) in [4.78, 5) is 29.6. The second-order valence-electron chi connectivity index (χ2n) is 7.89. The van der Waals surface area contributed by atoms with Crippen molar-refractivity contribution in [3.05, 3.63) is 51.7 Å². The minimum Gasteiger partial charge on any atom is -0.388 e. The normalized spacial score (nSPS) is 16.3. The Kier molecular flexibility index (Phi) is 6.31. The molecule has 1 aliphatic rings. The number of hydrogen-bond donors (Lipinski definition) is 3. The molecule has 1 fully saturated rings. The summed E-state index contributed by atoms with van der Waals surface area (Å²) in [6.45, 7) is 1.43. The highest BCUT2D eigenvalue weighted by Gasteiger charge is 2.29. The molecule has 0 unspecified atom stereocenters. The van der Waals surface area contributed by atoms with Crippen LogP contribution in [0.4, 0.5) is 0 Å². The second kappa shape index (κ2) is 8.70. The van der Waals surface area contributed by atoms with Gasteiger partial charge in [0.15, 0.2) is 0 Å². The van der Waals surface area contributed by atoms with E-state index in [1.807, 2.05) is 26.5 Å². The van der Waals surface area contributed by atoms with Crippen molar-refractivity contribution in [3.63, 3.8) is 0 Å². The summed E-state index contributed by atoms with van der Waals surface area (Å²) in [5, 5.41) is 17.4. The number of aryl methyl sites for hydroxylation is 1. The first-order valence-corrected chi connectivity index (χ1v) is 9.73. The monoisotopic (exact) mass is 387 g/mol. The molecule has 1 amide bonds. The maximum Gasteiger partial charge on any atom is 0.261 e. The Balaban J connectivity index is 1.56. The van der Waals surface area contributed by atoms with Crippen LogP contribution >= 0.6 is 0 Å². The molecule has 1 aliphatic carbocycles. The molecule has 8 heteroatoms. The number of carbonyl (C=O) groups is 1. The van der Waals surface area contributed by atoms with Gasteiger partial charge in [-0.15, -0.1) is 0 Å². The fourth-order valence-corrected chi connectivity index (χ4v) is 3.72. The van der Waals surface area contributed by atoms with E-state index in [1.54, 1.807) is 16.8 Å². The third kappa shape index (κ3) is 5.30. The predicted molar refractivity (Wildman–Crippen MR) is 106 cm³/mol. The quantitative estimate of drug-likeness (QED) is 0.662. The van der Waals surface area contributed by atoms with E-state index in [2.05, 4.69) is 20.3 Å². The molecule has 0 bridgehead atoms. The van der Waals surface area contributed by atoms with Gasteiger partial charge in [-0.3, -0.25) is 19.2 Å². The number of carbonyl (C=O) groups excluding carboxylic acids is 1. The summed E-state index contributed by atoms with van der Waals surface area (Å²) in [7, 11) is 3.83. The molecule has 2 aromatic heterocycles. The van der Waals surface area contributed by atoms with Crippen LogP contribution in [-0.2, 0) is 20.1 Å². The summed E-state index contributed by atoms with van der Waals surface area (Å²) in [5.41, 5.74) is 0.622. The predicted octanol–water partition coefficient (Wildman–Crippen LogP) is 1.17. The highest BCUT2D eigenvalue weighted by atomic mass is 16.3. The summed E-state index contributed by atoms with van der Waals surface area (Å²) in [6, 6.07) is 3.30. The average Bonchev–Trinajstić information content (AvgIpc) is 3.05. The number of nitrogens with one attached hydrogen (secondary N) is 2. The van der Waals surface area contributed by atoms with Gasteiger partial charge in [-0.2, -0.15) is 5.10 Å². The molecule has 8 nitrogen and oxygen atoms in total. The molecule has 152 valence electrons. The molecule has 2 heterocycles. The van der Waals surface area contributed by atoms with Crippen molar-refractivity contribution in [2.24, 2.45) is 7.05 Å². The Morgan fingerprint density at radius 2 is 2.07 bits per heavy atom. The molecule has 1 saturated carbocycles. The minimum atomic E-state index is -0.852. The van der Waals surface area contributed by atoms with Crippen LogP contribution in [-0.4, -0.2) is 49.9 Å². The van der Waals surface area contributed by atoms with Gasteiger partial charge in [0.25, 0.3) is 11.5 Å². The Bertz CT molecular complexity index is 867. The van der Waals surface area contributed by atoms with Crippen molar-refractivity contribution >= 4 is 5.91 Å². The number of pyridine rings is 1. The standard InChI is InChI=1S/C20H29N5O3/c1-24(11-15-10-22-25(2)12-15)13-16-6-7-17(19(27)23-16)18(26)21-14-20(28)8-4-3-5-9-20/h6-7,10,12,28H,3-5,8-9,11,13-14H2,1-2H3,(H,21,26)(H,23,27).